The Morgan fingerprint density at radius 2 is 1.66 bits per heavy atom. The number of azo groups is 1. The van der Waals surface area contributed by atoms with Crippen LogP contribution >= 0.6 is 0 Å². The minimum Gasteiger partial charge on any atom is -0.493 e. The lowest BCUT2D eigenvalue weighted by Gasteiger charge is -2.06. The highest BCUT2D eigenvalue weighted by molar-refractivity contribution is 6.03. The van der Waals surface area contributed by atoms with Gasteiger partial charge in [-0.15, -0.1) is 10.2 Å². The molecule has 0 saturated heterocycles. The molecule has 0 unspecified atom stereocenters. The molecule has 3 N–H and O–H groups in total. The van der Waals surface area contributed by atoms with Crippen LogP contribution in [0.4, 0.5) is 5.69 Å². The number of rotatable bonds is 6. The smallest absolute Gasteiger partial charge is 0.311 e. The van der Waals surface area contributed by atoms with Gasteiger partial charge in [0.2, 0.25) is 5.88 Å². The average Bonchev–Trinajstić information content (AvgIpc) is 3.18. The van der Waals surface area contributed by atoms with Crippen molar-refractivity contribution in [3.05, 3.63) is 113 Å². The summed E-state index contributed by atoms with van der Waals surface area (Å²) >= 11 is 0. The molecule has 4 rings (SSSR count). The number of nitrogens with one attached hydrogen (secondary N) is 2. The van der Waals surface area contributed by atoms with E-state index in [-0.39, 0.29) is 17.3 Å². The maximum absolute atomic E-state index is 13.0. The van der Waals surface area contributed by atoms with E-state index in [1.165, 1.54) is 6.08 Å². The maximum atomic E-state index is 13.0. The summed E-state index contributed by atoms with van der Waals surface area (Å²) in [5, 5.41) is 21.4. The van der Waals surface area contributed by atoms with Gasteiger partial charge in [0.05, 0.1) is 5.52 Å². The summed E-state index contributed by atoms with van der Waals surface area (Å²) < 4.78 is 0. The van der Waals surface area contributed by atoms with Gasteiger partial charge in [0, 0.05) is 10.9 Å². The van der Waals surface area contributed by atoms with Gasteiger partial charge in [-0.3, -0.25) is 9.59 Å². The Morgan fingerprint density at radius 1 is 0.971 bits per heavy atom. The number of H-pyrrole nitrogens is 1. The number of allylic oxidation sites excluding steroid dienone is 2. The lowest BCUT2D eigenvalue weighted by molar-refractivity contribution is -0.115. The fourth-order valence-corrected chi connectivity index (χ4v) is 3.65. The molecule has 0 aliphatic heterocycles. The fraction of sp³-hybridized carbons (Fsp3) is 0.0714. The van der Waals surface area contributed by atoms with Crippen LogP contribution in [-0.2, 0) is 4.79 Å². The van der Waals surface area contributed by atoms with Gasteiger partial charge in [-0.25, -0.2) is 0 Å². The van der Waals surface area contributed by atoms with Crippen molar-refractivity contribution < 1.29 is 14.7 Å². The molecule has 0 fully saturated rings. The molecule has 0 radical (unpaired) electrons. The zero-order valence-electron chi connectivity index (χ0n) is 19.3. The van der Waals surface area contributed by atoms with Gasteiger partial charge in [0.15, 0.2) is 5.69 Å². The van der Waals surface area contributed by atoms with Crippen LogP contribution in [-0.4, -0.2) is 21.9 Å². The lowest BCUT2D eigenvalue weighted by Crippen LogP contribution is -2.26. The first-order chi connectivity index (χ1) is 16.9. The quantitative estimate of drug-likeness (QED) is 0.182. The van der Waals surface area contributed by atoms with Crippen molar-refractivity contribution in [1.29, 1.82) is 0 Å². The highest BCUT2D eigenvalue weighted by Crippen LogP contribution is 2.37. The number of hydrogen-bond donors (Lipinski definition) is 3. The van der Waals surface area contributed by atoms with E-state index < -0.39 is 11.8 Å². The topological polar surface area (TPSA) is 107 Å². The maximum Gasteiger partial charge on any atom is 0.311 e. The van der Waals surface area contributed by atoms with Crippen molar-refractivity contribution in [3.63, 3.8) is 0 Å². The Hall–Kier alpha value is -4.78. The summed E-state index contributed by atoms with van der Waals surface area (Å²) in [5.41, 5.74) is 4.07. The van der Waals surface area contributed by atoms with Crippen molar-refractivity contribution in [2.45, 2.75) is 13.8 Å². The second-order valence-electron chi connectivity index (χ2n) is 8.00. The van der Waals surface area contributed by atoms with Crippen LogP contribution < -0.4 is 5.32 Å². The molecule has 0 saturated carbocycles. The standard InChI is InChI=1S/C28H24N4O3/c1-18-16-19(2)24-22(17-18)25(28(35)30-24)31-32-27(34)23(15-9-12-20-10-5-3-6-11-20)29-26(33)21-13-7-4-8-14-21/h3-17,30,35H,1-2H3,(H,29,33). The third kappa shape index (κ3) is 5.59. The largest absolute Gasteiger partial charge is 0.493 e. The molecule has 7 heteroatoms. The molecular weight excluding hydrogens is 440 g/mol. The molecule has 1 heterocycles. The molecule has 7 nitrogen and oxygen atoms in total. The van der Waals surface area contributed by atoms with Crippen LogP contribution in [0.5, 0.6) is 5.88 Å². The van der Waals surface area contributed by atoms with Gasteiger partial charge in [0.1, 0.15) is 5.70 Å². The van der Waals surface area contributed by atoms with E-state index in [2.05, 4.69) is 20.5 Å². The van der Waals surface area contributed by atoms with E-state index in [0.29, 0.717) is 16.5 Å². The van der Waals surface area contributed by atoms with Gasteiger partial charge in [0.25, 0.3) is 5.91 Å². The first-order valence-electron chi connectivity index (χ1n) is 11.0. The first kappa shape index (κ1) is 23.4. The van der Waals surface area contributed by atoms with Crippen LogP contribution in [0, 0.1) is 13.8 Å². The minimum atomic E-state index is -0.759. The van der Waals surface area contributed by atoms with Crippen molar-refractivity contribution in [1.82, 2.24) is 10.3 Å². The molecule has 0 aliphatic rings. The number of fused-ring (bicyclic) bond motifs is 1. The van der Waals surface area contributed by atoms with Gasteiger partial charge < -0.3 is 15.4 Å². The second-order valence-corrected chi connectivity index (χ2v) is 8.00. The number of aryl methyl sites for hydroxylation is 2. The van der Waals surface area contributed by atoms with Crippen LogP contribution in [0.15, 0.2) is 101 Å². The van der Waals surface area contributed by atoms with Crippen LogP contribution in [0.3, 0.4) is 0 Å². The summed E-state index contributed by atoms with van der Waals surface area (Å²) in [6, 6.07) is 21.9. The Bertz CT molecular complexity index is 1470. The Morgan fingerprint density at radius 3 is 2.37 bits per heavy atom. The predicted octanol–water partition coefficient (Wildman–Crippen LogP) is 6.13. The number of aromatic amines is 1. The number of carbonyl (C=O) groups is 2. The van der Waals surface area contributed by atoms with Gasteiger partial charge >= 0.3 is 5.91 Å². The summed E-state index contributed by atoms with van der Waals surface area (Å²) in [4.78, 5) is 28.5. The summed E-state index contributed by atoms with van der Waals surface area (Å²) in [6.07, 6.45) is 4.92. The number of benzene rings is 3. The van der Waals surface area contributed by atoms with Gasteiger partial charge in [-0.05, 0) is 49.2 Å². The lowest BCUT2D eigenvalue weighted by atomic mass is 10.1. The molecular formula is C28H24N4O3. The van der Waals surface area contributed by atoms with Gasteiger partial charge in [-0.1, -0.05) is 72.3 Å². The van der Waals surface area contributed by atoms with E-state index in [0.717, 1.165) is 16.7 Å². The Kier molecular flexibility index (Phi) is 6.97. The fourth-order valence-electron chi connectivity index (χ4n) is 3.65. The number of aromatic hydroxyl groups is 1. The zero-order valence-corrected chi connectivity index (χ0v) is 19.3. The highest BCUT2D eigenvalue weighted by atomic mass is 16.3. The van der Waals surface area contributed by atoms with E-state index in [9.17, 15) is 14.7 Å². The third-order valence-corrected chi connectivity index (χ3v) is 5.31. The highest BCUT2D eigenvalue weighted by Gasteiger charge is 2.16. The Labute approximate surface area is 202 Å². The van der Waals surface area contributed by atoms with E-state index >= 15 is 0 Å². The molecule has 0 atom stereocenters. The predicted molar refractivity (Wildman–Crippen MR) is 136 cm³/mol. The van der Waals surface area contributed by atoms with E-state index in [1.54, 1.807) is 42.5 Å². The molecule has 0 bridgehead atoms. The molecule has 3 aromatic carbocycles. The molecule has 0 spiro atoms. The molecule has 1 aromatic heterocycles. The van der Waals surface area contributed by atoms with Crippen molar-refractivity contribution in [3.8, 4) is 5.88 Å². The molecule has 174 valence electrons. The molecule has 2 amide bonds. The zero-order chi connectivity index (χ0) is 24.8. The van der Waals surface area contributed by atoms with Crippen LogP contribution in [0.25, 0.3) is 17.0 Å². The van der Waals surface area contributed by atoms with Crippen molar-refractivity contribution >= 4 is 34.5 Å². The van der Waals surface area contributed by atoms with Crippen LogP contribution in [0.2, 0.25) is 0 Å². The monoisotopic (exact) mass is 464 g/mol. The van der Waals surface area contributed by atoms with E-state index in [1.807, 2.05) is 56.3 Å². The number of aromatic nitrogens is 1. The normalized spacial score (nSPS) is 12.0. The van der Waals surface area contributed by atoms with Gasteiger partial charge in [-0.2, -0.15) is 0 Å². The van der Waals surface area contributed by atoms with Crippen molar-refractivity contribution in [2.24, 2.45) is 10.2 Å². The number of carbonyl (C=O) groups excluding carboxylic acids is 2. The summed E-state index contributed by atoms with van der Waals surface area (Å²) in [5.74, 6) is -1.40. The van der Waals surface area contributed by atoms with Crippen LogP contribution in [0.1, 0.15) is 27.0 Å². The SMILES string of the molecule is Cc1cc(C)c2[nH]c(O)c(N=NC(=O)C(=CC=Cc3ccccc3)NC(=O)c3ccccc3)c2c1. The summed E-state index contributed by atoms with van der Waals surface area (Å²) in [6.45, 7) is 3.85. The summed E-state index contributed by atoms with van der Waals surface area (Å²) in [7, 11) is 0. The number of amides is 2. The number of hydrogen-bond acceptors (Lipinski definition) is 4. The van der Waals surface area contributed by atoms with Crippen molar-refractivity contribution in [2.75, 3.05) is 0 Å². The van der Waals surface area contributed by atoms with E-state index in [4.69, 9.17) is 0 Å². The molecule has 0 aliphatic carbocycles. The first-order valence-corrected chi connectivity index (χ1v) is 11.0. The third-order valence-electron chi connectivity index (χ3n) is 5.31. The molecule has 4 aromatic rings. The Balaban J connectivity index is 1.64. The average molecular weight is 465 g/mol. The second kappa shape index (κ2) is 10.4. The minimum absolute atomic E-state index is 0.0542. The molecule has 35 heavy (non-hydrogen) atoms. The number of nitrogens with zero attached hydrogens (tertiary/aromatic N) is 2.